The Labute approximate surface area is 84.7 Å². The van der Waals surface area contributed by atoms with E-state index in [2.05, 4.69) is 0 Å². The molecule has 0 aromatic heterocycles. The monoisotopic (exact) mass is 219 g/mol. The average Bonchev–Trinajstić information content (AvgIpc) is 2.15. The quantitative estimate of drug-likeness (QED) is 0.625. The van der Waals surface area contributed by atoms with Gasteiger partial charge in [-0.25, -0.2) is 8.78 Å². The van der Waals surface area contributed by atoms with Gasteiger partial charge in [0.05, 0.1) is 5.56 Å². The van der Waals surface area contributed by atoms with E-state index in [-0.39, 0.29) is 18.5 Å². The number of carbonyl (C=O) groups excluding carboxylic acids is 1. The smallest absolute Gasteiger partial charge is 0.167 e. The molecule has 0 amide bonds. The summed E-state index contributed by atoms with van der Waals surface area (Å²) in [4.78, 5) is 11.2. The molecule has 0 bridgehead atoms. The van der Waals surface area contributed by atoms with Gasteiger partial charge in [-0.1, -0.05) is 11.6 Å². The van der Waals surface area contributed by atoms with Crippen molar-refractivity contribution < 1.29 is 13.6 Å². The van der Waals surface area contributed by atoms with Crippen molar-refractivity contribution in [3.05, 3.63) is 34.4 Å². The number of rotatable bonds is 3. The van der Waals surface area contributed by atoms with Crippen LogP contribution in [0.15, 0.2) is 12.1 Å². The Kier molecular flexibility index (Phi) is 3.55. The minimum Gasteiger partial charge on any atom is -0.330 e. The number of nitrogens with two attached hydrogens (primary N) is 1. The third-order valence-corrected chi connectivity index (χ3v) is 2.05. The van der Waals surface area contributed by atoms with Crippen LogP contribution in [0.1, 0.15) is 16.8 Å². The molecule has 0 aliphatic rings. The van der Waals surface area contributed by atoms with Crippen molar-refractivity contribution in [1.29, 1.82) is 0 Å². The molecule has 5 heteroatoms. The van der Waals surface area contributed by atoms with Crippen molar-refractivity contribution in [2.24, 2.45) is 5.73 Å². The van der Waals surface area contributed by atoms with Gasteiger partial charge < -0.3 is 5.73 Å². The van der Waals surface area contributed by atoms with Crippen LogP contribution in [0.3, 0.4) is 0 Å². The van der Waals surface area contributed by atoms with E-state index < -0.39 is 22.4 Å². The molecule has 0 spiro atoms. The highest BCUT2D eigenvalue weighted by molar-refractivity contribution is 6.31. The zero-order valence-corrected chi connectivity index (χ0v) is 7.94. The molecular formula is C9H8ClF2NO. The predicted molar refractivity (Wildman–Crippen MR) is 49.4 cm³/mol. The standard InChI is InChI=1S/C9H8ClF2NO/c10-8-6(11)2-1-5(9(8)12)7(14)3-4-13/h1-2H,3-4,13H2. The summed E-state index contributed by atoms with van der Waals surface area (Å²) in [5, 5.41) is -0.659. The van der Waals surface area contributed by atoms with Crippen LogP contribution in [0.2, 0.25) is 5.02 Å². The van der Waals surface area contributed by atoms with E-state index in [1.165, 1.54) is 0 Å². The zero-order chi connectivity index (χ0) is 10.7. The molecule has 14 heavy (non-hydrogen) atoms. The number of Topliss-reactive ketones (excluding diaryl/α,β-unsaturated/α-hetero) is 1. The lowest BCUT2D eigenvalue weighted by Crippen LogP contribution is -2.10. The van der Waals surface area contributed by atoms with Gasteiger partial charge in [0.1, 0.15) is 10.8 Å². The van der Waals surface area contributed by atoms with Crippen molar-refractivity contribution in [2.75, 3.05) is 6.54 Å². The van der Waals surface area contributed by atoms with Crippen molar-refractivity contribution in [1.82, 2.24) is 0 Å². The van der Waals surface area contributed by atoms with E-state index in [1.54, 1.807) is 0 Å². The van der Waals surface area contributed by atoms with Gasteiger partial charge in [0, 0.05) is 6.42 Å². The van der Waals surface area contributed by atoms with Crippen molar-refractivity contribution in [2.45, 2.75) is 6.42 Å². The van der Waals surface area contributed by atoms with Gasteiger partial charge >= 0.3 is 0 Å². The van der Waals surface area contributed by atoms with Crippen LogP contribution >= 0.6 is 11.6 Å². The number of hydrogen-bond donors (Lipinski definition) is 1. The summed E-state index contributed by atoms with van der Waals surface area (Å²) in [5.41, 5.74) is 4.91. The van der Waals surface area contributed by atoms with Crippen LogP contribution in [0.5, 0.6) is 0 Å². The van der Waals surface area contributed by atoms with Crippen molar-refractivity contribution in [3.8, 4) is 0 Å². The highest BCUT2D eigenvalue weighted by atomic mass is 35.5. The maximum atomic E-state index is 13.2. The maximum absolute atomic E-state index is 13.2. The first-order chi connectivity index (χ1) is 6.57. The molecule has 0 aliphatic heterocycles. The zero-order valence-electron chi connectivity index (χ0n) is 7.19. The number of benzene rings is 1. The van der Waals surface area contributed by atoms with Crippen LogP contribution in [0.4, 0.5) is 8.78 Å². The molecule has 76 valence electrons. The van der Waals surface area contributed by atoms with Crippen LogP contribution < -0.4 is 5.73 Å². The third-order valence-electron chi connectivity index (χ3n) is 1.71. The predicted octanol–water partition coefficient (Wildman–Crippen LogP) is 2.15. The second-order valence-corrected chi connectivity index (χ2v) is 3.06. The molecule has 0 saturated carbocycles. The van der Waals surface area contributed by atoms with E-state index in [4.69, 9.17) is 17.3 Å². The van der Waals surface area contributed by atoms with Crippen molar-refractivity contribution >= 4 is 17.4 Å². The Morgan fingerprint density at radius 2 is 2.07 bits per heavy atom. The van der Waals surface area contributed by atoms with Crippen LogP contribution in [-0.2, 0) is 0 Å². The van der Waals surface area contributed by atoms with E-state index in [9.17, 15) is 13.6 Å². The van der Waals surface area contributed by atoms with Gasteiger partial charge in [-0.2, -0.15) is 0 Å². The van der Waals surface area contributed by atoms with Crippen molar-refractivity contribution in [3.63, 3.8) is 0 Å². The normalized spacial score (nSPS) is 10.3. The lowest BCUT2D eigenvalue weighted by molar-refractivity contribution is 0.0981. The van der Waals surface area contributed by atoms with E-state index in [0.29, 0.717) is 0 Å². The SMILES string of the molecule is NCCC(=O)c1ccc(F)c(Cl)c1F. The Bertz CT molecular complexity index is 368. The molecule has 1 aromatic rings. The average molecular weight is 220 g/mol. The fourth-order valence-electron chi connectivity index (χ4n) is 1.01. The highest BCUT2D eigenvalue weighted by Crippen LogP contribution is 2.22. The summed E-state index contributed by atoms with van der Waals surface area (Å²) >= 11 is 5.29. The Morgan fingerprint density at radius 3 is 2.64 bits per heavy atom. The molecule has 2 nitrogen and oxygen atoms in total. The number of ketones is 1. The number of carbonyl (C=O) groups is 1. The Balaban J connectivity index is 3.11. The molecule has 0 atom stereocenters. The first-order valence-electron chi connectivity index (χ1n) is 3.94. The van der Waals surface area contributed by atoms with E-state index in [0.717, 1.165) is 12.1 Å². The van der Waals surface area contributed by atoms with Crippen LogP contribution in [0, 0.1) is 11.6 Å². The Hall–Kier alpha value is -1.000. The van der Waals surface area contributed by atoms with Gasteiger partial charge in [0.25, 0.3) is 0 Å². The summed E-state index contributed by atoms with van der Waals surface area (Å²) in [6.07, 6.45) is 0.0128. The third kappa shape index (κ3) is 2.08. The minimum atomic E-state index is -1.02. The molecule has 1 aromatic carbocycles. The Morgan fingerprint density at radius 1 is 1.43 bits per heavy atom. The topological polar surface area (TPSA) is 43.1 Å². The molecule has 0 radical (unpaired) electrons. The van der Waals surface area contributed by atoms with E-state index >= 15 is 0 Å². The highest BCUT2D eigenvalue weighted by Gasteiger charge is 2.16. The van der Waals surface area contributed by atoms with Gasteiger partial charge in [-0.15, -0.1) is 0 Å². The molecular weight excluding hydrogens is 212 g/mol. The largest absolute Gasteiger partial charge is 0.330 e. The molecule has 2 N–H and O–H groups in total. The lowest BCUT2D eigenvalue weighted by Gasteiger charge is -2.03. The van der Waals surface area contributed by atoms with Crippen LogP contribution in [0.25, 0.3) is 0 Å². The first-order valence-corrected chi connectivity index (χ1v) is 4.32. The molecule has 0 heterocycles. The molecule has 0 saturated heterocycles. The van der Waals surface area contributed by atoms with Gasteiger partial charge in [0.15, 0.2) is 11.6 Å². The summed E-state index contributed by atoms with van der Waals surface area (Å²) in [6.45, 7) is 0.118. The first kappa shape index (κ1) is 11.1. The van der Waals surface area contributed by atoms with Gasteiger partial charge in [-0.05, 0) is 18.7 Å². The maximum Gasteiger partial charge on any atom is 0.167 e. The summed E-state index contributed by atoms with van der Waals surface area (Å²) in [7, 11) is 0. The molecule has 0 unspecified atom stereocenters. The summed E-state index contributed by atoms with van der Waals surface area (Å²) in [6, 6.07) is 2.02. The summed E-state index contributed by atoms with van der Waals surface area (Å²) in [5.74, 6) is -2.38. The fourth-order valence-corrected chi connectivity index (χ4v) is 1.17. The second kappa shape index (κ2) is 4.48. The molecule has 0 fully saturated rings. The van der Waals surface area contributed by atoms with E-state index in [1.807, 2.05) is 0 Å². The lowest BCUT2D eigenvalue weighted by atomic mass is 10.1. The summed E-state index contributed by atoms with van der Waals surface area (Å²) < 4.78 is 25.9. The fraction of sp³-hybridized carbons (Fsp3) is 0.222. The van der Waals surface area contributed by atoms with Crippen LogP contribution in [-0.4, -0.2) is 12.3 Å². The van der Waals surface area contributed by atoms with Gasteiger partial charge in [0.2, 0.25) is 0 Å². The second-order valence-electron chi connectivity index (χ2n) is 2.68. The number of halogens is 3. The molecule has 1 rings (SSSR count). The molecule has 0 aliphatic carbocycles. The van der Waals surface area contributed by atoms with Gasteiger partial charge in [-0.3, -0.25) is 4.79 Å². The number of hydrogen-bond acceptors (Lipinski definition) is 2. The minimum absolute atomic E-state index is 0.0128.